The minimum atomic E-state index is -5.25. The normalized spacial score (nSPS) is 13.9. The quantitative estimate of drug-likeness (QED) is 0.440. The van der Waals surface area contributed by atoms with Crippen LogP contribution in [0.15, 0.2) is 47.4 Å². The number of aliphatic hydroxyl groups is 1. The van der Waals surface area contributed by atoms with Gasteiger partial charge in [0.25, 0.3) is 21.6 Å². The molecule has 0 aliphatic carbocycles. The minimum absolute atomic E-state index is 0.00956. The summed E-state index contributed by atoms with van der Waals surface area (Å²) < 4.78 is 65.1. The molecule has 0 unspecified atom stereocenters. The number of hydrogen-bond acceptors (Lipinski definition) is 6. The van der Waals surface area contributed by atoms with E-state index in [1.807, 2.05) is 0 Å². The minimum Gasteiger partial charge on any atom is -0.373 e. The maximum absolute atomic E-state index is 12.7. The van der Waals surface area contributed by atoms with Crippen LogP contribution in [-0.4, -0.2) is 36.1 Å². The summed E-state index contributed by atoms with van der Waals surface area (Å²) in [6, 6.07) is 7.24. The van der Waals surface area contributed by atoms with Crippen LogP contribution < -0.4 is 10.0 Å². The molecule has 162 valence electrons. The first-order valence-electron chi connectivity index (χ1n) is 7.82. The van der Waals surface area contributed by atoms with Gasteiger partial charge in [-0.15, -0.1) is 0 Å². The fourth-order valence-electron chi connectivity index (χ4n) is 2.00. The maximum atomic E-state index is 12.7. The van der Waals surface area contributed by atoms with E-state index >= 15 is 0 Å². The molecule has 0 aliphatic heterocycles. The van der Waals surface area contributed by atoms with Crippen LogP contribution in [0, 0.1) is 10.1 Å². The molecule has 0 aromatic heterocycles. The Hall–Kier alpha value is -2.90. The van der Waals surface area contributed by atoms with Crippen LogP contribution in [0.1, 0.15) is 6.92 Å². The molecule has 0 bridgehead atoms. The number of rotatable bonds is 6. The van der Waals surface area contributed by atoms with Crippen LogP contribution in [0.25, 0.3) is 0 Å². The second kappa shape index (κ2) is 8.08. The van der Waals surface area contributed by atoms with Crippen LogP contribution >= 0.6 is 11.6 Å². The summed E-state index contributed by atoms with van der Waals surface area (Å²) in [5, 5.41) is 21.3. The van der Waals surface area contributed by atoms with E-state index in [2.05, 4.69) is 4.72 Å². The van der Waals surface area contributed by atoms with Gasteiger partial charge in [-0.3, -0.25) is 19.6 Å². The van der Waals surface area contributed by atoms with Crippen LogP contribution in [0.4, 0.5) is 30.2 Å². The molecule has 0 aliphatic rings. The van der Waals surface area contributed by atoms with Crippen molar-refractivity contribution in [3.8, 4) is 0 Å². The zero-order valence-electron chi connectivity index (χ0n) is 14.9. The van der Waals surface area contributed by atoms with Gasteiger partial charge >= 0.3 is 6.18 Å². The number of halogens is 4. The van der Waals surface area contributed by atoms with Crippen molar-refractivity contribution in [2.24, 2.45) is 0 Å². The highest BCUT2D eigenvalue weighted by Crippen LogP contribution is 2.33. The molecule has 0 radical (unpaired) electrons. The first kappa shape index (κ1) is 23.4. The Labute approximate surface area is 172 Å². The zero-order chi connectivity index (χ0) is 22.9. The highest BCUT2D eigenvalue weighted by molar-refractivity contribution is 7.92. The molecule has 0 spiro atoms. The van der Waals surface area contributed by atoms with E-state index in [0.717, 1.165) is 42.5 Å². The lowest BCUT2D eigenvalue weighted by Gasteiger charge is -2.25. The molecule has 30 heavy (non-hydrogen) atoms. The number of nitrogens with one attached hydrogen (secondary N) is 2. The van der Waals surface area contributed by atoms with Gasteiger partial charge in [0.2, 0.25) is 5.60 Å². The van der Waals surface area contributed by atoms with E-state index in [1.165, 1.54) is 0 Å². The summed E-state index contributed by atoms with van der Waals surface area (Å²) in [6.07, 6.45) is -5.25. The number of nitro groups is 1. The Morgan fingerprint density at radius 1 is 1.17 bits per heavy atom. The van der Waals surface area contributed by atoms with Crippen molar-refractivity contribution < 1.29 is 36.4 Å². The molecule has 9 nitrogen and oxygen atoms in total. The molecule has 1 atom stereocenters. The number of alkyl halides is 3. The van der Waals surface area contributed by atoms with Gasteiger partial charge in [-0.25, -0.2) is 8.42 Å². The molecule has 1 amide bonds. The van der Waals surface area contributed by atoms with Gasteiger partial charge in [0, 0.05) is 17.8 Å². The third-order valence-electron chi connectivity index (χ3n) is 3.82. The summed E-state index contributed by atoms with van der Waals surface area (Å²) in [7, 11) is -4.21. The SMILES string of the molecule is C[C@@](O)(C(=O)Nc1ccc(S(=O)(=O)Nc2ccc([N+](=O)[O-])cc2)cc1Cl)C(F)(F)F. The third-order valence-corrected chi connectivity index (χ3v) is 5.52. The fourth-order valence-corrected chi connectivity index (χ4v) is 3.38. The number of amides is 1. The second-order valence-corrected chi connectivity index (χ2v) is 8.16. The van der Waals surface area contributed by atoms with Gasteiger partial charge in [-0.1, -0.05) is 11.6 Å². The summed E-state index contributed by atoms with van der Waals surface area (Å²) in [4.78, 5) is 21.3. The summed E-state index contributed by atoms with van der Waals surface area (Å²) in [6.45, 7) is 0.253. The highest BCUT2D eigenvalue weighted by Gasteiger charge is 2.55. The van der Waals surface area contributed by atoms with Gasteiger partial charge in [0.05, 0.1) is 20.5 Å². The predicted octanol–water partition coefficient (Wildman–Crippen LogP) is 3.30. The maximum Gasteiger partial charge on any atom is 0.426 e. The molecule has 0 heterocycles. The Bertz CT molecular complexity index is 1090. The second-order valence-electron chi connectivity index (χ2n) is 6.08. The molecule has 0 saturated carbocycles. The lowest BCUT2D eigenvalue weighted by atomic mass is 10.1. The number of carbonyl (C=O) groups is 1. The number of nitrogens with zero attached hydrogens (tertiary/aromatic N) is 1. The van der Waals surface area contributed by atoms with E-state index in [0.29, 0.717) is 0 Å². The largest absolute Gasteiger partial charge is 0.426 e. The molecule has 0 fully saturated rings. The number of sulfonamides is 1. The number of hydrogen-bond donors (Lipinski definition) is 3. The zero-order valence-corrected chi connectivity index (χ0v) is 16.5. The molecule has 3 N–H and O–H groups in total. The van der Waals surface area contributed by atoms with E-state index in [-0.39, 0.29) is 24.0 Å². The summed E-state index contributed by atoms with van der Waals surface area (Å²) in [5.74, 6) is -1.81. The van der Waals surface area contributed by atoms with Crippen LogP contribution in [-0.2, 0) is 14.8 Å². The van der Waals surface area contributed by atoms with Crippen molar-refractivity contribution >= 4 is 44.6 Å². The molecular weight excluding hydrogens is 455 g/mol. The van der Waals surface area contributed by atoms with E-state index < -0.39 is 42.5 Å². The summed E-state index contributed by atoms with van der Waals surface area (Å²) in [5.41, 5.74) is -4.30. The highest BCUT2D eigenvalue weighted by atomic mass is 35.5. The molecule has 2 rings (SSSR count). The number of anilines is 2. The molecule has 0 saturated heterocycles. The monoisotopic (exact) mass is 467 g/mol. The Morgan fingerprint density at radius 3 is 2.20 bits per heavy atom. The fraction of sp³-hybridized carbons (Fsp3) is 0.188. The Balaban J connectivity index is 2.23. The van der Waals surface area contributed by atoms with Crippen molar-refractivity contribution in [1.29, 1.82) is 0 Å². The molecular formula is C16H13ClF3N3O6S. The van der Waals surface area contributed by atoms with Gasteiger partial charge in [-0.2, -0.15) is 13.2 Å². The van der Waals surface area contributed by atoms with Gasteiger partial charge in [-0.05, 0) is 37.3 Å². The van der Waals surface area contributed by atoms with Crippen LogP contribution in [0.5, 0.6) is 0 Å². The van der Waals surface area contributed by atoms with Gasteiger partial charge in [0.15, 0.2) is 0 Å². The van der Waals surface area contributed by atoms with Crippen LogP contribution in [0.2, 0.25) is 5.02 Å². The Kier molecular flexibility index (Phi) is 6.30. The molecule has 2 aromatic carbocycles. The number of nitro benzene ring substituents is 1. The number of non-ortho nitro benzene ring substituents is 1. The van der Waals surface area contributed by atoms with E-state index in [4.69, 9.17) is 11.6 Å². The van der Waals surface area contributed by atoms with Crippen molar-refractivity contribution in [3.63, 3.8) is 0 Å². The number of benzene rings is 2. The van der Waals surface area contributed by atoms with Crippen molar-refractivity contribution in [2.45, 2.75) is 23.6 Å². The lowest BCUT2D eigenvalue weighted by Crippen LogP contribution is -2.52. The van der Waals surface area contributed by atoms with Gasteiger partial charge < -0.3 is 10.4 Å². The van der Waals surface area contributed by atoms with Crippen molar-refractivity contribution in [3.05, 3.63) is 57.6 Å². The first-order valence-corrected chi connectivity index (χ1v) is 9.68. The third kappa shape index (κ3) is 4.98. The first-order chi connectivity index (χ1) is 13.6. The van der Waals surface area contributed by atoms with Crippen molar-refractivity contribution in [2.75, 3.05) is 10.0 Å². The average molecular weight is 468 g/mol. The Morgan fingerprint density at radius 2 is 1.73 bits per heavy atom. The van der Waals surface area contributed by atoms with E-state index in [1.54, 1.807) is 5.32 Å². The average Bonchev–Trinajstić information content (AvgIpc) is 2.62. The molecule has 14 heteroatoms. The lowest BCUT2D eigenvalue weighted by molar-refractivity contribution is -0.384. The van der Waals surface area contributed by atoms with Gasteiger partial charge in [0.1, 0.15) is 0 Å². The molecule has 2 aromatic rings. The van der Waals surface area contributed by atoms with Crippen LogP contribution in [0.3, 0.4) is 0 Å². The standard InChI is InChI=1S/C16H13ClF3N3O6S/c1-15(25,16(18,19)20)14(24)21-13-7-6-11(8-12(13)17)30(28,29)22-9-2-4-10(5-3-9)23(26)27/h2-8,22,25H,1H3,(H,21,24)/t15-/m1/s1. The number of carbonyl (C=O) groups excluding carboxylic acids is 1. The predicted molar refractivity (Wildman–Crippen MR) is 101 cm³/mol. The topological polar surface area (TPSA) is 139 Å². The van der Waals surface area contributed by atoms with Crippen molar-refractivity contribution in [1.82, 2.24) is 0 Å². The smallest absolute Gasteiger partial charge is 0.373 e. The summed E-state index contributed by atoms with van der Waals surface area (Å²) >= 11 is 5.86. The van der Waals surface area contributed by atoms with E-state index in [9.17, 15) is 41.6 Å².